The molecule has 28 heavy (non-hydrogen) atoms. The van der Waals surface area contributed by atoms with E-state index in [4.69, 9.17) is 4.42 Å². The third-order valence-electron chi connectivity index (χ3n) is 3.51. The Morgan fingerprint density at radius 3 is 2.75 bits per heavy atom. The topological polar surface area (TPSA) is 140 Å². The van der Waals surface area contributed by atoms with Crippen LogP contribution in [0.15, 0.2) is 46.4 Å². The van der Waals surface area contributed by atoms with E-state index < -0.39 is 16.7 Å². The second-order valence-electron chi connectivity index (χ2n) is 5.35. The molecule has 0 aliphatic heterocycles. The Bertz CT molecular complexity index is 1200. The number of carbonyl (C=O) groups excluding carboxylic acids is 2. The Balaban J connectivity index is 1.46. The number of benzene rings is 1. The third-order valence-corrected chi connectivity index (χ3v) is 5.31. The number of rotatable bonds is 5. The number of amides is 2. The molecular formula is C16H9N5O5S2. The second-order valence-corrected chi connectivity index (χ2v) is 7.33. The molecule has 140 valence electrons. The number of fused-ring (bicyclic) bond motifs is 1. The Morgan fingerprint density at radius 1 is 1.14 bits per heavy atom. The normalized spacial score (nSPS) is 10.7. The first-order valence-corrected chi connectivity index (χ1v) is 9.36. The minimum atomic E-state index is -0.589. The minimum absolute atomic E-state index is 0.0493. The van der Waals surface area contributed by atoms with Crippen molar-refractivity contribution in [3.05, 3.63) is 62.7 Å². The fourth-order valence-corrected chi connectivity index (χ4v) is 3.76. The molecule has 12 heteroatoms. The Kier molecular flexibility index (Phi) is 4.55. The standard InChI is InChI=1S/C16H9N5O5S2/c22-13(10-7-26-15(17-10)19-14(23)11-2-1-5-27-11)20-16-18-9-4-3-8(21(24)25)6-12(9)28-16/h1-7H,(H,17,19,23)(H,18,20,22). The molecule has 0 saturated carbocycles. The highest BCUT2D eigenvalue weighted by atomic mass is 32.1. The van der Waals surface area contributed by atoms with Gasteiger partial charge in [-0.05, 0) is 17.5 Å². The Hall–Kier alpha value is -3.64. The number of nitrogens with one attached hydrogen (secondary N) is 2. The van der Waals surface area contributed by atoms with Crippen molar-refractivity contribution in [2.75, 3.05) is 10.6 Å². The van der Waals surface area contributed by atoms with Gasteiger partial charge >= 0.3 is 6.01 Å². The number of aromatic nitrogens is 2. The van der Waals surface area contributed by atoms with Crippen molar-refractivity contribution < 1.29 is 18.9 Å². The molecule has 3 aromatic heterocycles. The lowest BCUT2D eigenvalue weighted by Crippen LogP contribution is -2.13. The van der Waals surface area contributed by atoms with E-state index in [-0.39, 0.29) is 22.5 Å². The van der Waals surface area contributed by atoms with Gasteiger partial charge in [-0.15, -0.1) is 11.3 Å². The van der Waals surface area contributed by atoms with Crippen LogP contribution in [0, 0.1) is 10.1 Å². The molecule has 0 saturated heterocycles. The van der Waals surface area contributed by atoms with Crippen LogP contribution in [-0.2, 0) is 0 Å². The lowest BCUT2D eigenvalue weighted by molar-refractivity contribution is -0.384. The van der Waals surface area contributed by atoms with E-state index in [2.05, 4.69) is 20.6 Å². The summed E-state index contributed by atoms with van der Waals surface area (Å²) in [6.45, 7) is 0. The van der Waals surface area contributed by atoms with Crippen molar-refractivity contribution in [3.8, 4) is 0 Å². The summed E-state index contributed by atoms with van der Waals surface area (Å²) in [5.74, 6) is -0.981. The van der Waals surface area contributed by atoms with Gasteiger partial charge in [-0.3, -0.25) is 30.3 Å². The first-order valence-electron chi connectivity index (χ1n) is 7.66. The zero-order valence-electron chi connectivity index (χ0n) is 13.7. The number of carbonyl (C=O) groups is 2. The number of nitro benzene ring substituents is 1. The van der Waals surface area contributed by atoms with Crippen LogP contribution in [0.5, 0.6) is 0 Å². The smallest absolute Gasteiger partial charge is 0.302 e. The molecular weight excluding hydrogens is 406 g/mol. The number of nitro groups is 1. The average Bonchev–Trinajstić information content (AvgIpc) is 3.41. The number of oxazole rings is 1. The van der Waals surface area contributed by atoms with Gasteiger partial charge in [0.1, 0.15) is 6.26 Å². The zero-order valence-corrected chi connectivity index (χ0v) is 15.4. The summed E-state index contributed by atoms with van der Waals surface area (Å²) in [6, 6.07) is 7.51. The molecule has 0 aliphatic carbocycles. The molecule has 4 aromatic rings. The van der Waals surface area contributed by atoms with Gasteiger partial charge in [0.15, 0.2) is 10.8 Å². The molecule has 4 rings (SSSR count). The predicted octanol–water partition coefficient (Wildman–Crippen LogP) is 3.76. The molecule has 0 aliphatic rings. The lowest BCUT2D eigenvalue weighted by Gasteiger charge is -1.97. The molecule has 0 bridgehead atoms. The fourth-order valence-electron chi connectivity index (χ4n) is 2.24. The number of anilines is 2. The fraction of sp³-hybridized carbons (Fsp3) is 0. The molecule has 1 aromatic carbocycles. The minimum Gasteiger partial charge on any atom is -0.431 e. The van der Waals surface area contributed by atoms with Crippen molar-refractivity contribution in [1.82, 2.24) is 9.97 Å². The van der Waals surface area contributed by atoms with Crippen LogP contribution >= 0.6 is 22.7 Å². The summed E-state index contributed by atoms with van der Waals surface area (Å²) >= 11 is 2.35. The van der Waals surface area contributed by atoms with Gasteiger partial charge in [-0.25, -0.2) is 4.98 Å². The highest BCUT2D eigenvalue weighted by Crippen LogP contribution is 2.29. The SMILES string of the molecule is O=C(Nc1nc2ccc([N+](=O)[O-])cc2s1)c1coc(NC(=O)c2cccs2)n1. The number of thiazole rings is 1. The van der Waals surface area contributed by atoms with E-state index in [9.17, 15) is 19.7 Å². The molecule has 0 fully saturated rings. The van der Waals surface area contributed by atoms with Gasteiger partial charge in [0.2, 0.25) is 0 Å². The lowest BCUT2D eigenvalue weighted by atomic mass is 10.3. The van der Waals surface area contributed by atoms with E-state index in [0.29, 0.717) is 15.1 Å². The summed E-state index contributed by atoms with van der Waals surface area (Å²) in [6.07, 6.45) is 1.11. The molecule has 2 N–H and O–H groups in total. The van der Waals surface area contributed by atoms with Gasteiger partial charge in [0, 0.05) is 12.1 Å². The average molecular weight is 415 g/mol. The maximum atomic E-state index is 12.3. The quantitative estimate of drug-likeness (QED) is 0.373. The Labute approximate surface area is 164 Å². The largest absolute Gasteiger partial charge is 0.431 e. The van der Waals surface area contributed by atoms with E-state index >= 15 is 0 Å². The number of thiophene rings is 1. The van der Waals surface area contributed by atoms with E-state index in [1.807, 2.05) is 0 Å². The summed E-state index contributed by atoms with van der Waals surface area (Å²) in [5.41, 5.74) is 0.415. The van der Waals surface area contributed by atoms with Crippen molar-refractivity contribution >= 4 is 61.5 Å². The first kappa shape index (κ1) is 17.8. The Morgan fingerprint density at radius 2 is 2.00 bits per heavy atom. The molecule has 0 unspecified atom stereocenters. The van der Waals surface area contributed by atoms with E-state index in [1.54, 1.807) is 17.5 Å². The maximum Gasteiger partial charge on any atom is 0.302 e. The van der Waals surface area contributed by atoms with Gasteiger partial charge in [0.25, 0.3) is 17.5 Å². The third kappa shape index (κ3) is 3.58. The molecule has 0 spiro atoms. The number of hydrogen-bond donors (Lipinski definition) is 2. The van der Waals surface area contributed by atoms with Crippen LogP contribution in [0.25, 0.3) is 10.2 Å². The van der Waals surface area contributed by atoms with E-state index in [1.165, 1.54) is 29.5 Å². The maximum absolute atomic E-state index is 12.3. The number of nitrogens with zero attached hydrogens (tertiary/aromatic N) is 3. The summed E-state index contributed by atoms with van der Waals surface area (Å²) in [5, 5.41) is 17.9. The molecule has 0 radical (unpaired) electrons. The van der Waals surface area contributed by atoms with E-state index in [0.717, 1.165) is 17.6 Å². The number of non-ortho nitro benzene ring substituents is 1. The summed E-state index contributed by atoms with van der Waals surface area (Å²) in [7, 11) is 0. The van der Waals surface area contributed by atoms with Crippen molar-refractivity contribution in [2.45, 2.75) is 0 Å². The van der Waals surface area contributed by atoms with Gasteiger partial charge < -0.3 is 4.42 Å². The summed E-state index contributed by atoms with van der Waals surface area (Å²) < 4.78 is 5.67. The van der Waals surface area contributed by atoms with Crippen LogP contribution in [0.2, 0.25) is 0 Å². The monoisotopic (exact) mass is 415 g/mol. The number of hydrogen-bond acceptors (Lipinski definition) is 9. The van der Waals surface area contributed by atoms with Gasteiger partial charge in [0.05, 0.1) is 20.0 Å². The van der Waals surface area contributed by atoms with Crippen LogP contribution in [0.3, 0.4) is 0 Å². The van der Waals surface area contributed by atoms with Crippen molar-refractivity contribution in [1.29, 1.82) is 0 Å². The van der Waals surface area contributed by atoms with Gasteiger partial charge in [-0.1, -0.05) is 17.4 Å². The van der Waals surface area contributed by atoms with Crippen LogP contribution < -0.4 is 10.6 Å². The second kappa shape index (κ2) is 7.17. The van der Waals surface area contributed by atoms with Crippen molar-refractivity contribution in [2.24, 2.45) is 0 Å². The summed E-state index contributed by atoms with van der Waals surface area (Å²) in [4.78, 5) is 43.2. The highest BCUT2D eigenvalue weighted by Gasteiger charge is 2.17. The van der Waals surface area contributed by atoms with Crippen LogP contribution in [0.1, 0.15) is 20.2 Å². The molecule has 3 heterocycles. The van der Waals surface area contributed by atoms with Crippen molar-refractivity contribution in [3.63, 3.8) is 0 Å². The van der Waals surface area contributed by atoms with Crippen LogP contribution in [0.4, 0.5) is 16.8 Å². The molecule has 0 atom stereocenters. The predicted molar refractivity (Wildman–Crippen MR) is 103 cm³/mol. The van der Waals surface area contributed by atoms with Gasteiger partial charge in [-0.2, -0.15) is 4.98 Å². The molecule has 10 nitrogen and oxygen atoms in total. The zero-order chi connectivity index (χ0) is 19.7. The highest BCUT2D eigenvalue weighted by molar-refractivity contribution is 7.22. The first-order chi connectivity index (χ1) is 13.5. The van der Waals surface area contributed by atoms with Crippen LogP contribution in [-0.4, -0.2) is 26.7 Å². The molecule has 2 amide bonds.